The first-order valence-corrected chi connectivity index (χ1v) is 4.33. The number of hydrogen-bond donors (Lipinski definition) is 2. The lowest BCUT2D eigenvalue weighted by Gasteiger charge is -2.13. The quantitative estimate of drug-likeness (QED) is 0.743. The van der Waals surface area contributed by atoms with Crippen LogP contribution in [0.15, 0.2) is 18.2 Å². The summed E-state index contributed by atoms with van der Waals surface area (Å²) in [7, 11) is 0. The Bertz CT molecular complexity index is 288. The van der Waals surface area contributed by atoms with Gasteiger partial charge in [-0.15, -0.1) is 0 Å². The Balaban J connectivity index is 3.07. The van der Waals surface area contributed by atoms with Crippen LogP contribution in [0.25, 0.3) is 0 Å². The van der Waals surface area contributed by atoms with Crippen molar-refractivity contribution in [3.05, 3.63) is 35.1 Å². The SMILES string of the molecule is CCc1ccc(F)cc1[C@H](N)CO. The molecule has 0 unspecified atom stereocenters. The van der Waals surface area contributed by atoms with E-state index in [2.05, 4.69) is 0 Å². The molecule has 13 heavy (non-hydrogen) atoms. The number of benzene rings is 1. The zero-order chi connectivity index (χ0) is 9.84. The lowest BCUT2D eigenvalue weighted by atomic mass is 9.99. The minimum absolute atomic E-state index is 0.156. The maximum Gasteiger partial charge on any atom is 0.123 e. The van der Waals surface area contributed by atoms with E-state index in [1.54, 1.807) is 6.07 Å². The molecule has 0 aliphatic carbocycles. The van der Waals surface area contributed by atoms with Crippen LogP contribution in [-0.2, 0) is 6.42 Å². The predicted octanol–water partition coefficient (Wildman–Crippen LogP) is 1.38. The Labute approximate surface area is 77.2 Å². The molecule has 0 heterocycles. The second kappa shape index (κ2) is 4.35. The Kier molecular flexibility index (Phi) is 3.39. The van der Waals surface area contributed by atoms with E-state index in [1.807, 2.05) is 6.92 Å². The number of hydrogen-bond acceptors (Lipinski definition) is 2. The normalized spacial score (nSPS) is 12.9. The van der Waals surface area contributed by atoms with E-state index >= 15 is 0 Å². The van der Waals surface area contributed by atoms with Crippen LogP contribution in [0.5, 0.6) is 0 Å². The largest absolute Gasteiger partial charge is 0.394 e. The van der Waals surface area contributed by atoms with Gasteiger partial charge in [0.2, 0.25) is 0 Å². The van der Waals surface area contributed by atoms with Crippen LogP contribution in [0.4, 0.5) is 4.39 Å². The number of halogens is 1. The van der Waals surface area contributed by atoms with Gasteiger partial charge in [0, 0.05) is 0 Å². The maximum atomic E-state index is 12.8. The van der Waals surface area contributed by atoms with Crippen molar-refractivity contribution in [2.75, 3.05) is 6.61 Å². The van der Waals surface area contributed by atoms with Crippen molar-refractivity contribution in [3.63, 3.8) is 0 Å². The second-order valence-electron chi connectivity index (χ2n) is 2.99. The van der Waals surface area contributed by atoms with Crippen molar-refractivity contribution >= 4 is 0 Å². The molecule has 0 aliphatic rings. The van der Waals surface area contributed by atoms with E-state index in [0.717, 1.165) is 12.0 Å². The molecular weight excluding hydrogens is 169 g/mol. The van der Waals surface area contributed by atoms with E-state index in [9.17, 15) is 4.39 Å². The second-order valence-corrected chi connectivity index (χ2v) is 2.99. The van der Waals surface area contributed by atoms with Gasteiger partial charge in [-0.2, -0.15) is 0 Å². The monoisotopic (exact) mass is 183 g/mol. The Hall–Kier alpha value is -0.930. The van der Waals surface area contributed by atoms with Crippen LogP contribution in [-0.4, -0.2) is 11.7 Å². The Morgan fingerprint density at radius 3 is 2.77 bits per heavy atom. The summed E-state index contributed by atoms with van der Waals surface area (Å²) in [6, 6.07) is 4.03. The lowest BCUT2D eigenvalue weighted by Crippen LogP contribution is -2.16. The fourth-order valence-electron chi connectivity index (χ4n) is 1.33. The Morgan fingerprint density at radius 2 is 2.23 bits per heavy atom. The van der Waals surface area contributed by atoms with Gasteiger partial charge in [0.05, 0.1) is 12.6 Å². The van der Waals surface area contributed by atoms with Crippen LogP contribution in [0.2, 0.25) is 0 Å². The smallest absolute Gasteiger partial charge is 0.123 e. The zero-order valence-electron chi connectivity index (χ0n) is 7.63. The third-order valence-electron chi connectivity index (χ3n) is 2.08. The Morgan fingerprint density at radius 1 is 1.54 bits per heavy atom. The topological polar surface area (TPSA) is 46.2 Å². The average molecular weight is 183 g/mol. The molecule has 0 fully saturated rings. The van der Waals surface area contributed by atoms with E-state index in [1.165, 1.54) is 12.1 Å². The molecule has 1 aromatic rings. The number of aliphatic hydroxyl groups excluding tert-OH is 1. The molecule has 0 aliphatic heterocycles. The van der Waals surface area contributed by atoms with Crippen LogP contribution >= 0.6 is 0 Å². The van der Waals surface area contributed by atoms with Crippen LogP contribution in [0.3, 0.4) is 0 Å². The summed E-state index contributed by atoms with van der Waals surface area (Å²) < 4.78 is 12.8. The van der Waals surface area contributed by atoms with Crippen molar-refractivity contribution in [1.29, 1.82) is 0 Å². The minimum Gasteiger partial charge on any atom is -0.394 e. The summed E-state index contributed by atoms with van der Waals surface area (Å²) >= 11 is 0. The highest BCUT2D eigenvalue weighted by Gasteiger charge is 2.09. The first-order valence-electron chi connectivity index (χ1n) is 4.33. The number of rotatable bonds is 3. The van der Waals surface area contributed by atoms with E-state index < -0.39 is 6.04 Å². The van der Waals surface area contributed by atoms with Crippen molar-refractivity contribution in [2.45, 2.75) is 19.4 Å². The molecule has 0 aromatic heterocycles. The molecule has 3 N–H and O–H groups in total. The zero-order valence-corrected chi connectivity index (χ0v) is 7.63. The fourth-order valence-corrected chi connectivity index (χ4v) is 1.33. The molecule has 0 saturated heterocycles. The fraction of sp³-hybridized carbons (Fsp3) is 0.400. The van der Waals surface area contributed by atoms with Gasteiger partial charge in [0.1, 0.15) is 5.82 Å². The van der Waals surface area contributed by atoms with Gasteiger partial charge in [-0.25, -0.2) is 4.39 Å². The third kappa shape index (κ3) is 2.26. The van der Waals surface area contributed by atoms with Crippen LogP contribution in [0.1, 0.15) is 24.1 Å². The highest BCUT2D eigenvalue weighted by atomic mass is 19.1. The molecule has 72 valence electrons. The highest BCUT2D eigenvalue weighted by molar-refractivity contribution is 5.30. The summed E-state index contributed by atoms with van der Waals surface area (Å²) in [4.78, 5) is 0. The van der Waals surface area contributed by atoms with Gasteiger partial charge < -0.3 is 10.8 Å². The van der Waals surface area contributed by atoms with Gasteiger partial charge in [0.25, 0.3) is 0 Å². The number of aliphatic hydroxyl groups is 1. The molecule has 1 rings (SSSR count). The van der Waals surface area contributed by atoms with Gasteiger partial charge >= 0.3 is 0 Å². The van der Waals surface area contributed by atoms with Crippen LogP contribution in [0, 0.1) is 5.82 Å². The van der Waals surface area contributed by atoms with Gasteiger partial charge in [-0.05, 0) is 29.7 Å². The molecule has 0 spiro atoms. The summed E-state index contributed by atoms with van der Waals surface area (Å²) in [6.45, 7) is 1.82. The van der Waals surface area contributed by atoms with E-state index in [4.69, 9.17) is 10.8 Å². The number of nitrogens with two attached hydrogens (primary N) is 1. The third-order valence-corrected chi connectivity index (χ3v) is 2.08. The summed E-state index contributed by atoms with van der Waals surface area (Å²) in [6.07, 6.45) is 0.795. The summed E-state index contributed by atoms with van der Waals surface area (Å²) in [5.74, 6) is -0.309. The van der Waals surface area contributed by atoms with Crippen molar-refractivity contribution in [3.8, 4) is 0 Å². The van der Waals surface area contributed by atoms with E-state index in [-0.39, 0.29) is 12.4 Å². The highest BCUT2D eigenvalue weighted by Crippen LogP contribution is 2.17. The maximum absolute atomic E-state index is 12.8. The minimum atomic E-state index is -0.481. The molecule has 2 nitrogen and oxygen atoms in total. The summed E-state index contributed by atoms with van der Waals surface area (Å²) in [5, 5.41) is 8.85. The standard InChI is InChI=1S/C10H14FNO/c1-2-7-3-4-8(11)5-9(7)10(12)6-13/h3-5,10,13H,2,6,12H2,1H3/t10-/m1/s1. The first-order chi connectivity index (χ1) is 6.19. The summed E-state index contributed by atoms with van der Waals surface area (Å²) in [5.41, 5.74) is 7.31. The molecule has 1 aromatic carbocycles. The molecule has 3 heteroatoms. The molecule has 0 radical (unpaired) electrons. The van der Waals surface area contributed by atoms with Gasteiger partial charge in [-0.3, -0.25) is 0 Å². The molecule has 0 saturated carbocycles. The first kappa shape index (κ1) is 10.2. The van der Waals surface area contributed by atoms with Crippen molar-refractivity contribution in [2.24, 2.45) is 5.73 Å². The lowest BCUT2D eigenvalue weighted by molar-refractivity contribution is 0.267. The van der Waals surface area contributed by atoms with Gasteiger partial charge in [0.15, 0.2) is 0 Å². The van der Waals surface area contributed by atoms with Crippen molar-refractivity contribution in [1.82, 2.24) is 0 Å². The molecule has 1 atom stereocenters. The van der Waals surface area contributed by atoms with Gasteiger partial charge in [-0.1, -0.05) is 13.0 Å². The van der Waals surface area contributed by atoms with Crippen molar-refractivity contribution < 1.29 is 9.50 Å². The van der Waals surface area contributed by atoms with E-state index in [0.29, 0.717) is 5.56 Å². The molecular formula is C10H14FNO. The number of aryl methyl sites for hydroxylation is 1. The molecule has 0 amide bonds. The predicted molar refractivity (Wildman–Crippen MR) is 49.8 cm³/mol. The molecule has 0 bridgehead atoms. The average Bonchev–Trinajstić information content (AvgIpc) is 2.16. The van der Waals surface area contributed by atoms with Crippen LogP contribution < -0.4 is 5.73 Å².